The summed E-state index contributed by atoms with van der Waals surface area (Å²) >= 11 is 11.5. The van der Waals surface area contributed by atoms with Gasteiger partial charge in [-0.1, -0.05) is 23.2 Å². The van der Waals surface area contributed by atoms with Crippen molar-refractivity contribution in [2.75, 3.05) is 11.1 Å². The molecule has 0 bridgehead atoms. The van der Waals surface area contributed by atoms with E-state index in [1.165, 1.54) is 24.4 Å². The molecule has 1 heterocycles. The SMILES string of the molecule is Nc1ncc(C(=O)Nc2cc(Cl)ccc2F)cc1Cl. The van der Waals surface area contributed by atoms with Crippen LogP contribution >= 0.6 is 23.2 Å². The molecule has 0 aliphatic rings. The minimum atomic E-state index is -0.591. The van der Waals surface area contributed by atoms with Crippen molar-refractivity contribution < 1.29 is 9.18 Å². The Morgan fingerprint density at radius 3 is 2.74 bits per heavy atom. The van der Waals surface area contributed by atoms with Gasteiger partial charge in [0.2, 0.25) is 0 Å². The second-order valence-corrected chi connectivity index (χ2v) is 4.51. The number of rotatable bonds is 2. The molecule has 0 saturated heterocycles. The van der Waals surface area contributed by atoms with Crippen LogP contribution < -0.4 is 11.1 Å². The summed E-state index contributed by atoms with van der Waals surface area (Å²) in [5.41, 5.74) is 5.58. The second kappa shape index (κ2) is 5.42. The van der Waals surface area contributed by atoms with Crippen molar-refractivity contribution in [3.05, 3.63) is 51.9 Å². The highest BCUT2D eigenvalue weighted by Gasteiger charge is 2.11. The minimum Gasteiger partial charge on any atom is -0.382 e. The summed E-state index contributed by atoms with van der Waals surface area (Å²) in [4.78, 5) is 15.6. The van der Waals surface area contributed by atoms with Gasteiger partial charge in [0, 0.05) is 11.2 Å². The van der Waals surface area contributed by atoms with Crippen LogP contribution in [0.1, 0.15) is 10.4 Å². The smallest absolute Gasteiger partial charge is 0.257 e. The van der Waals surface area contributed by atoms with E-state index in [-0.39, 0.29) is 22.1 Å². The lowest BCUT2D eigenvalue weighted by Gasteiger charge is -2.07. The molecular weight excluding hydrogens is 292 g/mol. The molecule has 98 valence electrons. The van der Waals surface area contributed by atoms with Gasteiger partial charge in [-0.05, 0) is 24.3 Å². The van der Waals surface area contributed by atoms with Crippen LogP contribution in [-0.2, 0) is 0 Å². The van der Waals surface area contributed by atoms with E-state index in [1.807, 2.05) is 0 Å². The fraction of sp³-hybridized carbons (Fsp3) is 0. The Labute approximate surface area is 118 Å². The van der Waals surface area contributed by atoms with Crippen LogP contribution in [0, 0.1) is 5.82 Å². The van der Waals surface area contributed by atoms with E-state index in [1.54, 1.807) is 0 Å². The van der Waals surface area contributed by atoms with Crippen molar-refractivity contribution in [2.45, 2.75) is 0 Å². The Morgan fingerprint density at radius 1 is 1.32 bits per heavy atom. The maximum absolute atomic E-state index is 13.5. The standard InChI is InChI=1S/C12H8Cl2FN3O/c13-7-1-2-9(15)10(4-7)18-12(19)6-3-8(14)11(16)17-5-6/h1-5H,(H2,16,17)(H,18,19). The summed E-state index contributed by atoms with van der Waals surface area (Å²) < 4.78 is 13.5. The third kappa shape index (κ3) is 3.13. The fourth-order valence-electron chi connectivity index (χ4n) is 1.36. The van der Waals surface area contributed by atoms with Crippen molar-refractivity contribution in [1.29, 1.82) is 0 Å². The van der Waals surface area contributed by atoms with Gasteiger partial charge in [-0.15, -0.1) is 0 Å². The summed E-state index contributed by atoms with van der Waals surface area (Å²) in [6.07, 6.45) is 1.25. The first kappa shape index (κ1) is 13.6. The zero-order valence-corrected chi connectivity index (χ0v) is 11.0. The van der Waals surface area contributed by atoms with E-state index >= 15 is 0 Å². The Morgan fingerprint density at radius 2 is 2.05 bits per heavy atom. The Kier molecular flexibility index (Phi) is 3.87. The fourth-order valence-corrected chi connectivity index (χ4v) is 1.70. The van der Waals surface area contributed by atoms with Gasteiger partial charge in [0.25, 0.3) is 5.91 Å². The molecule has 0 radical (unpaired) electrons. The van der Waals surface area contributed by atoms with E-state index in [0.717, 1.165) is 6.07 Å². The summed E-state index contributed by atoms with van der Waals surface area (Å²) in [7, 11) is 0. The number of benzene rings is 1. The van der Waals surface area contributed by atoms with Crippen LogP contribution in [0.25, 0.3) is 0 Å². The van der Waals surface area contributed by atoms with E-state index in [4.69, 9.17) is 28.9 Å². The van der Waals surface area contributed by atoms with Gasteiger partial charge in [-0.2, -0.15) is 0 Å². The number of nitrogen functional groups attached to an aromatic ring is 1. The number of nitrogens with one attached hydrogen (secondary N) is 1. The second-order valence-electron chi connectivity index (χ2n) is 3.67. The summed E-state index contributed by atoms with van der Waals surface area (Å²) in [5, 5.41) is 2.84. The number of aromatic nitrogens is 1. The molecule has 2 aromatic rings. The molecule has 0 fully saturated rings. The lowest BCUT2D eigenvalue weighted by atomic mass is 10.2. The Bertz CT molecular complexity index is 649. The van der Waals surface area contributed by atoms with Crippen molar-refractivity contribution in [3.8, 4) is 0 Å². The van der Waals surface area contributed by atoms with Crippen LogP contribution in [-0.4, -0.2) is 10.9 Å². The van der Waals surface area contributed by atoms with Crippen molar-refractivity contribution in [2.24, 2.45) is 0 Å². The van der Waals surface area contributed by atoms with E-state index in [9.17, 15) is 9.18 Å². The first-order valence-electron chi connectivity index (χ1n) is 5.15. The van der Waals surface area contributed by atoms with Gasteiger partial charge in [-0.3, -0.25) is 4.79 Å². The monoisotopic (exact) mass is 299 g/mol. The van der Waals surface area contributed by atoms with Gasteiger partial charge >= 0.3 is 0 Å². The van der Waals surface area contributed by atoms with E-state index in [0.29, 0.717) is 5.02 Å². The average Bonchev–Trinajstić information content (AvgIpc) is 2.37. The number of pyridine rings is 1. The number of hydrogen-bond acceptors (Lipinski definition) is 3. The number of halogens is 3. The van der Waals surface area contributed by atoms with Gasteiger partial charge < -0.3 is 11.1 Å². The maximum Gasteiger partial charge on any atom is 0.257 e. The molecule has 1 aromatic carbocycles. The largest absolute Gasteiger partial charge is 0.382 e. The number of carbonyl (C=O) groups excluding carboxylic acids is 1. The quantitative estimate of drug-likeness (QED) is 0.893. The van der Waals surface area contributed by atoms with Gasteiger partial charge in [0.05, 0.1) is 16.3 Å². The van der Waals surface area contributed by atoms with Crippen LogP contribution in [0.15, 0.2) is 30.5 Å². The number of nitrogens with zero attached hydrogens (tertiary/aromatic N) is 1. The number of carbonyl (C=O) groups is 1. The van der Waals surface area contributed by atoms with E-state index < -0.39 is 11.7 Å². The normalized spacial score (nSPS) is 10.3. The topological polar surface area (TPSA) is 68.0 Å². The van der Waals surface area contributed by atoms with Gasteiger partial charge in [-0.25, -0.2) is 9.37 Å². The number of amides is 1. The van der Waals surface area contributed by atoms with Crippen LogP contribution in [0.5, 0.6) is 0 Å². The molecule has 7 heteroatoms. The van der Waals surface area contributed by atoms with Crippen LogP contribution in [0.4, 0.5) is 15.9 Å². The highest BCUT2D eigenvalue weighted by Crippen LogP contribution is 2.21. The molecular formula is C12H8Cl2FN3O. The number of hydrogen-bond donors (Lipinski definition) is 2. The lowest BCUT2D eigenvalue weighted by molar-refractivity contribution is 0.102. The molecule has 1 amide bonds. The van der Waals surface area contributed by atoms with Crippen LogP contribution in [0.2, 0.25) is 10.0 Å². The van der Waals surface area contributed by atoms with Crippen molar-refractivity contribution >= 4 is 40.6 Å². The zero-order chi connectivity index (χ0) is 14.0. The maximum atomic E-state index is 13.5. The first-order chi connectivity index (χ1) is 8.97. The molecule has 0 unspecified atom stereocenters. The van der Waals surface area contributed by atoms with Gasteiger partial charge in [0.1, 0.15) is 11.6 Å². The van der Waals surface area contributed by atoms with Crippen LogP contribution in [0.3, 0.4) is 0 Å². The highest BCUT2D eigenvalue weighted by atomic mass is 35.5. The molecule has 2 rings (SSSR count). The molecule has 0 saturated carbocycles. The van der Waals surface area contributed by atoms with E-state index in [2.05, 4.69) is 10.3 Å². The zero-order valence-electron chi connectivity index (χ0n) is 9.45. The number of nitrogens with two attached hydrogens (primary N) is 1. The summed E-state index contributed by atoms with van der Waals surface area (Å²) in [5.74, 6) is -1.03. The molecule has 0 spiro atoms. The molecule has 0 aliphatic heterocycles. The van der Waals surface area contributed by atoms with Crippen molar-refractivity contribution in [3.63, 3.8) is 0 Å². The molecule has 1 aromatic heterocycles. The predicted molar refractivity (Wildman–Crippen MR) is 73.0 cm³/mol. The third-order valence-corrected chi connectivity index (χ3v) is 2.85. The van der Waals surface area contributed by atoms with Gasteiger partial charge in [0.15, 0.2) is 0 Å². The Hall–Kier alpha value is -1.85. The summed E-state index contributed by atoms with van der Waals surface area (Å²) in [6.45, 7) is 0. The number of anilines is 2. The molecule has 0 atom stereocenters. The highest BCUT2D eigenvalue weighted by molar-refractivity contribution is 6.33. The molecule has 19 heavy (non-hydrogen) atoms. The lowest BCUT2D eigenvalue weighted by Crippen LogP contribution is -2.13. The molecule has 4 nitrogen and oxygen atoms in total. The molecule has 0 aliphatic carbocycles. The Balaban J connectivity index is 2.25. The first-order valence-corrected chi connectivity index (χ1v) is 5.90. The predicted octanol–water partition coefficient (Wildman–Crippen LogP) is 3.36. The minimum absolute atomic E-state index is 0.0227. The average molecular weight is 300 g/mol. The third-order valence-electron chi connectivity index (χ3n) is 2.31. The van der Waals surface area contributed by atoms with Crippen molar-refractivity contribution in [1.82, 2.24) is 4.98 Å². The summed E-state index contributed by atoms with van der Waals surface area (Å²) in [6, 6.07) is 5.20. The molecule has 3 N–H and O–H groups in total.